The molecule has 236 valence electrons. The number of nitrogens with zero attached hydrogens (tertiary/aromatic N) is 2. The predicted octanol–water partition coefficient (Wildman–Crippen LogP) is 13.8. The first kappa shape index (κ1) is 29.5. The summed E-state index contributed by atoms with van der Waals surface area (Å²) in [5, 5.41) is 7.37. The molecule has 0 N–H and O–H groups in total. The van der Waals surface area contributed by atoms with E-state index in [1.54, 1.807) is 0 Å². The lowest BCUT2D eigenvalue weighted by Gasteiger charge is -2.29. The standard InChI is InChI=1S/C48H34N2/c1-5-18-37(19-6-1)49(38-20-7-2-8-21-38)41-31-29-35(30-32-41)45-34-47-46(44-28-16-15-27-43(44)45)33-36-17-13-14-26-42(36)48(47)50(39-22-9-3-10-23-39)40-24-11-4-12-25-40/h1-34H. The summed E-state index contributed by atoms with van der Waals surface area (Å²) in [5.41, 5.74) is 9.18. The zero-order chi connectivity index (χ0) is 33.3. The lowest BCUT2D eigenvalue weighted by Crippen LogP contribution is -2.11. The van der Waals surface area contributed by atoms with E-state index < -0.39 is 0 Å². The number of benzene rings is 9. The molecule has 0 aliphatic heterocycles. The normalized spacial score (nSPS) is 11.2. The van der Waals surface area contributed by atoms with Crippen molar-refractivity contribution in [3.8, 4) is 11.1 Å². The molecule has 9 aromatic carbocycles. The van der Waals surface area contributed by atoms with Gasteiger partial charge in [0.1, 0.15) is 0 Å². The van der Waals surface area contributed by atoms with Crippen molar-refractivity contribution in [2.75, 3.05) is 9.80 Å². The summed E-state index contributed by atoms with van der Waals surface area (Å²) >= 11 is 0. The van der Waals surface area contributed by atoms with E-state index in [9.17, 15) is 0 Å². The molecule has 9 rings (SSSR count). The van der Waals surface area contributed by atoms with E-state index >= 15 is 0 Å². The second kappa shape index (κ2) is 12.8. The Hall–Kier alpha value is -6.64. The van der Waals surface area contributed by atoms with Crippen LogP contribution >= 0.6 is 0 Å². The predicted molar refractivity (Wildman–Crippen MR) is 214 cm³/mol. The number of rotatable bonds is 7. The van der Waals surface area contributed by atoms with Gasteiger partial charge in [0.25, 0.3) is 0 Å². The summed E-state index contributed by atoms with van der Waals surface area (Å²) in [6.45, 7) is 0. The smallest absolute Gasteiger partial charge is 0.0618 e. The minimum absolute atomic E-state index is 1.11. The van der Waals surface area contributed by atoms with Gasteiger partial charge in [-0.1, -0.05) is 133 Å². The third-order valence-corrected chi connectivity index (χ3v) is 9.57. The largest absolute Gasteiger partial charge is 0.311 e. The zero-order valence-corrected chi connectivity index (χ0v) is 27.5. The summed E-state index contributed by atoms with van der Waals surface area (Å²) in [6.07, 6.45) is 0. The van der Waals surface area contributed by atoms with Crippen molar-refractivity contribution in [2.45, 2.75) is 0 Å². The van der Waals surface area contributed by atoms with Gasteiger partial charge < -0.3 is 9.80 Å². The number of fused-ring (bicyclic) bond motifs is 4. The molecule has 2 nitrogen and oxygen atoms in total. The van der Waals surface area contributed by atoms with Crippen molar-refractivity contribution in [3.05, 3.63) is 206 Å². The molecule has 2 heteroatoms. The van der Waals surface area contributed by atoms with Gasteiger partial charge in [-0.15, -0.1) is 0 Å². The maximum atomic E-state index is 2.42. The van der Waals surface area contributed by atoms with Gasteiger partial charge >= 0.3 is 0 Å². The van der Waals surface area contributed by atoms with Crippen molar-refractivity contribution in [2.24, 2.45) is 0 Å². The van der Waals surface area contributed by atoms with Crippen LogP contribution in [0.3, 0.4) is 0 Å². The average molecular weight is 639 g/mol. The summed E-state index contributed by atoms with van der Waals surface area (Å²) in [6, 6.07) is 74.1. The van der Waals surface area contributed by atoms with Crippen LogP contribution in [-0.4, -0.2) is 0 Å². The molecule has 0 fully saturated rings. The molecule has 0 atom stereocenters. The van der Waals surface area contributed by atoms with Crippen LogP contribution in [0.1, 0.15) is 0 Å². The molecule has 0 saturated heterocycles. The van der Waals surface area contributed by atoms with Crippen LogP contribution in [0.15, 0.2) is 206 Å². The molecule has 0 saturated carbocycles. The molecular weight excluding hydrogens is 605 g/mol. The zero-order valence-electron chi connectivity index (χ0n) is 27.5. The van der Waals surface area contributed by atoms with Gasteiger partial charge in [0, 0.05) is 39.2 Å². The van der Waals surface area contributed by atoms with Crippen molar-refractivity contribution >= 4 is 66.4 Å². The lowest BCUT2D eigenvalue weighted by atomic mass is 9.90. The van der Waals surface area contributed by atoms with Gasteiger partial charge in [-0.05, 0) is 105 Å². The number of anilines is 6. The Labute approximate surface area is 292 Å². The number of para-hydroxylation sites is 4. The van der Waals surface area contributed by atoms with E-state index in [2.05, 4.69) is 216 Å². The van der Waals surface area contributed by atoms with Crippen LogP contribution in [-0.2, 0) is 0 Å². The van der Waals surface area contributed by atoms with Crippen LogP contribution in [0.4, 0.5) is 34.1 Å². The second-order valence-electron chi connectivity index (χ2n) is 12.6. The van der Waals surface area contributed by atoms with Gasteiger partial charge in [-0.25, -0.2) is 0 Å². The minimum Gasteiger partial charge on any atom is -0.311 e. The molecule has 0 aromatic heterocycles. The first-order valence-electron chi connectivity index (χ1n) is 17.1. The Morgan fingerprint density at radius 1 is 0.260 bits per heavy atom. The highest BCUT2D eigenvalue weighted by atomic mass is 15.1. The van der Waals surface area contributed by atoms with E-state index in [0.29, 0.717) is 0 Å². The van der Waals surface area contributed by atoms with Gasteiger partial charge in [0.05, 0.1) is 5.69 Å². The van der Waals surface area contributed by atoms with Crippen molar-refractivity contribution in [1.82, 2.24) is 0 Å². The van der Waals surface area contributed by atoms with Crippen molar-refractivity contribution in [1.29, 1.82) is 0 Å². The number of hydrogen-bond donors (Lipinski definition) is 0. The highest BCUT2D eigenvalue weighted by Gasteiger charge is 2.21. The van der Waals surface area contributed by atoms with E-state index in [0.717, 1.165) is 28.4 Å². The van der Waals surface area contributed by atoms with Gasteiger partial charge in [-0.2, -0.15) is 0 Å². The Balaban J connectivity index is 1.29. The fraction of sp³-hybridized carbons (Fsp3) is 0. The minimum atomic E-state index is 1.11. The van der Waals surface area contributed by atoms with Crippen LogP contribution < -0.4 is 9.80 Å². The quantitative estimate of drug-likeness (QED) is 0.127. The summed E-state index contributed by atoms with van der Waals surface area (Å²) in [4.78, 5) is 4.73. The Morgan fingerprint density at radius 2 is 0.680 bits per heavy atom. The van der Waals surface area contributed by atoms with Crippen LogP contribution in [0.5, 0.6) is 0 Å². The van der Waals surface area contributed by atoms with Crippen molar-refractivity contribution in [3.63, 3.8) is 0 Å². The van der Waals surface area contributed by atoms with E-state index in [1.807, 2.05) is 0 Å². The molecule has 0 aliphatic carbocycles. The summed E-state index contributed by atoms with van der Waals surface area (Å²) < 4.78 is 0. The first-order chi connectivity index (χ1) is 24.8. The molecule has 0 bridgehead atoms. The molecular formula is C48H34N2. The van der Waals surface area contributed by atoms with Gasteiger partial charge in [0.2, 0.25) is 0 Å². The SMILES string of the molecule is c1ccc(N(c2ccccc2)c2ccc(-c3cc4c(N(c5ccccc5)c5ccccc5)c5ccccc5cc4c4ccccc34)cc2)cc1. The average Bonchev–Trinajstić information content (AvgIpc) is 3.20. The molecule has 0 aliphatic rings. The molecule has 0 unspecified atom stereocenters. The first-order valence-corrected chi connectivity index (χ1v) is 17.1. The van der Waals surface area contributed by atoms with Gasteiger partial charge in [-0.3, -0.25) is 0 Å². The summed E-state index contributed by atoms with van der Waals surface area (Å²) in [7, 11) is 0. The monoisotopic (exact) mass is 638 g/mol. The van der Waals surface area contributed by atoms with Crippen LogP contribution in [0, 0.1) is 0 Å². The molecule has 0 heterocycles. The topological polar surface area (TPSA) is 6.48 Å². The Bertz CT molecular complexity index is 2480. The highest BCUT2D eigenvalue weighted by molar-refractivity contribution is 6.23. The Kier molecular flexibility index (Phi) is 7.53. The van der Waals surface area contributed by atoms with Crippen molar-refractivity contribution < 1.29 is 0 Å². The molecule has 50 heavy (non-hydrogen) atoms. The van der Waals surface area contributed by atoms with E-state index in [4.69, 9.17) is 0 Å². The third-order valence-electron chi connectivity index (χ3n) is 9.57. The van der Waals surface area contributed by atoms with E-state index in [-0.39, 0.29) is 0 Å². The van der Waals surface area contributed by atoms with Crippen LogP contribution in [0.2, 0.25) is 0 Å². The lowest BCUT2D eigenvalue weighted by molar-refractivity contribution is 1.28. The fourth-order valence-corrected chi connectivity index (χ4v) is 7.32. The van der Waals surface area contributed by atoms with Crippen LogP contribution in [0.25, 0.3) is 43.4 Å². The number of hydrogen-bond acceptors (Lipinski definition) is 2. The van der Waals surface area contributed by atoms with E-state index in [1.165, 1.54) is 49.1 Å². The summed E-state index contributed by atoms with van der Waals surface area (Å²) in [5.74, 6) is 0. The molecule has 0 amide bonds. The highest BCUT2D eigenvalue weighted by Crippen LogP contribution is 2.47. The second-order valence-corrected chi connectivity index (χ2v) is 12.6. The van der Waals surface area contributed by atoms with Gasteiger partial charge in [0.15, 0.2) is 0 Å². The fourth-order valence-electron chi connectivity index (χ4n) is 7.32. The molecule has 0 spiro atoms. The molecule has 0 radical (unpaired) electrons. The third kappa shape index (κ3) is 5.24. The maximum absolute atomic E-state index is 2.42. The Morgan fingerprint density at radius 3 is 1.22 bits per heavy atom. The maximum Gasteiger partial charge on any atom is 0.0618 e. The molecule has 9 aromatic rings.